The first-order valence-corrected chi connectivity index (χ1v) is 6.62. The molecule has 0 aliphatic carbocycles. The zero-order valence-electron chi connectivity index (χ0n) is 11.1. The van der Waals surface area contributed by atoms with Crippen LogP contribution in [-0.2, 0) is 6.54 Å². The van der Waals surface area contributed by atoms with Crippen molar-refractivity contribution in [2.24, 2.45) is 0 Å². The van der Waals surface area contributed by atoms with Crippen molar-refractivity contribution in [2.45, 2.75) is 39.3 Å². The number of ether oxygens (including phenoxy) is 1. The van der Waals surface area contributed by atoms with E-state index >= 15 is 0 Å². The van der Waals surface area contributed by atoms with Crippen LogP contribution < -0.4 is 10.1 Å². The van der Waals surface area contributed by atoms with Crippen molar-refractivity contribution in [3.05, 3.63) is 35.5 Å². The van der Waals surface area contributed by atoms with Gasteiger partial charge < -0.3 is 10.1 Å². The van der Waals surface area contributed by atoms with Gasteiger partial charge in [0.2, 0.25) is 5.88 Å². The third kappa shape index (κ3) is 5.52. The van der Waals surface area contributed by atoms with Gasteiger partial charge in [-0.3, -0.25) is 0 Å². The lowest BCUT2D eigenvalue weighted by atomic mass is 10.2. The second-order valence-electron chi connectivity index (χ2n) is 4.43. The van der Waals surface area contributed by atoms with Crippen molar-refractivity contribution < 1.29 is 4.74 Å². The molecule has 0 saturated carbocycles. The minimum atomic E-state index is 0.422. The van der Waals surface area contributed by atoms with Crippen LogP contribution in [0.15, 0.2) is 24.9 Å². The lowest BCUT2D eigenvalue weighted by Gasteiger charge is -2.11. The summed E-state index contributed by atoms with van der Waals surface area (Å²) in [6, 6.07) is 2.32. The molecule has 0 aliphatic heterocycles. The molecule has 100 valence electrons. The summed E-state index contributed by atoms with van der Waals surface area (Å²) in [5.41, 5.74) is 1.01. The van der Waals surface area contributed by atoms with Crippen LogP contribution in [0.25, 0.3) is 0 Å². The van der Waals surface area contributed by atoms with Gasteiger partial charge in [-0.15, -0.1) is 6.58 Å². The van der Waals surface area contributed by atoms with Gasteiger partial charge in [0.25, 0.3) is 0 Å². The van der Waals surface area contributed by atoms with E-state index in [2.05, 4.69) is 30.7 Å². The number of rotatable bonds is 8. The first-order chi connectivity index (χ1) is 8.63. The Morgan fingerprint density at radius 1 is 1.56 bits per heavy atom. The summed E-state index contributed by atoms with van der Waals surface area (Å²) in [5.74, 6) is 0.629. The molecular weight excluding hydrogens is 248 g/mol. The Labute approximate surface area is 114 Å². The summed E-state index contributed by atoms with van der Waals surface area (Å²) < 4.78 is 5.57. The lowest BCUT2D eigenvalue weighted by molar-refractivity contribution is 0.300. The predicted octanol–water partition coefficient (Wildman–Crippen LogP) is 3.58. The van der Waals surface area contributed by atoms with Crippen molar-refractivity contribution in [1.29, 1.82) is 0 Å². The van der Waals surface area contributed by atoms with Crippen LogP contribution in [0.3, 0.4) is 0 Å². The minimum Gasteiger partial charge on any atom is -0.478 e. The zero-order chi connectivity index (χ0) is 13.4. The Bertz CT molecular complexity index is 380. The highest BCUT2D eigenvalue weighted by Crippen LogP contribution is 2.19. The molecule has 4 heteroatoms. The van der Waals surface area contributed by atoms with Gasteiger partial charge in [-0.1, -0.05) is 31.5 Å². The SMILES string of the molecule is C=CCCCOc1cc(CNC(C)C)c(Cl)cn1. The molecule has 0 saturated heterocycles. The van der Waals surface area contributed by atoms with Gasteiger partial charge in [0, 0.05) is 24.8 Å². The fourth-order valence-corrected chi connectivity index (χ4v) is 1.56. The van der Waals surface area contributed by atoms with Crippen molar-refractivity contribution >= 4 is 11.6 Å². The van der Waals surface area contributed by atoms with Crippen LogP contribution in [0.2, 0.25) is 5.02 Å². The highest BCUT2D eigenvalue weighted by Gasteiger charge is 2.05. The zero-order valence-corrected chi connectivity index (χ0v) is 11.8. The van der Waals surface area contributed by atoms with E-state index < -0.39 is 0 Å². The molecule has 0 fully saturated rings. The summed E-state index contributed by atoms with van der Waals surface area (Å²) in [4.78, 5) is 4.16. The first kappa shape index (κ1) is 15.0. The van der Waals surface area contributed by atoms with Gasteiger partial charge >= 0.3 is 0 Å². The number of nitrogens with one attached hydrogen (secondary N) is 1. The molecule has 1 heterocycles. The largest absolute Gasteiger partial charge is 0.478 e. The molecule has 1 rings (SSSR count). The van der Waals surface area contributed by atoms with E-state index in [1.54, 1.807) is 6.20 Å². The van der Waals surface area contributed by atoms with Crippen molar-refractivity contribution in [3.8, 4) is 5.88 Å². The molecule has 0 aromatic carbocycles. The van der Waals surface area contributed by atoms with E-state index in [-0.39, 0.29) is 0 Å². The van der Waals surface area contributed by atoms with E-state index in [4.69, 9.17) is 16.3 Å². The van der Waals surface area contributed by atoms with Gasteiger partial charge in [-0.2, -0.15) is 0 Å². The maximum absolute atomic E-state index is 6.09. The van der Waals surface area contributed by atoms with Crippen LogP contribution >= 0.6 is 11.6 Å². The molecule has 0 unspecified atom stereocenters. The topological polar surface area (TPSA) is 34.1 Å². The second-order valence-corrected chi connectivity index (χ2v) is 4.84. The van der Waals surface area contributed by atoms with E-state index in [0.29, 0.717) is 23.6 Å². The highest BCUT2D eigenvalue weighted by atomic mass is 35.5. The Morgan fingerprint density at radius 2 is 2.33 bits per heavy atom. The molecule has 3 nitrogen and oxygen atoms in total. The van der Waals surface area contributed by atoms with Crippen LogP contribution in [0.4, 0.5) is 0 Å². The fraction of sp³-hybridized carbons (Fsp3) is 0.500. The summed E-state index contributed by atoms with van der Waals surface area (Å²) in [5, 5.41) is 3.99. The summed E-state index contributed by atoms with van der Waals surface area (Å²) in [7, 11) is 0. The molecule has 1 aromatic rings. The maximum Gasteiger partial charge on any atom is 0.213 e. The minimum absolute atomic E-state index is 0.422. The third-order valence-electron chi connectivity index (χ3n) is 2.41. The van der Waals surface area contributed by atoms with Crippen molar-refractivity contribution in [2.75, 3.05) is 6.61 Å². The molecule has 0 atom stereocenters. The van der Waals surface area contributed by atoms with E-state index in [1.165, 1.54) is 0 Å². The normalized spacial score (nSPS) is 10.7. The number of nitrogens with zero attached hydrogens (tertiary/aromatic N) is 1. The van der Waals surface area contributed by atoms with Crippen LogP contribution in [-0.4, -0.2) is 17.6 Å². The molecule has 0 amide bonds. The molecule has 0 bridgehead atoms. The molecule has 0 spiro atoms. The molecule has 1 aromatic heterocycles. The smallest absolute Gasteiger partial charge is 0.213 e. The number of hydrogen-bond donors (Lipinski definition) is 1. The predicted molar refractivity (Wildman–Crippen MR) is 76.1 cm³/mol. The Morgan fingerprint density at radius 3 is 3.00 bits per heavy atom. The molecule has 1 N–H and O–H groups in total. The van der Waals surface area contributed by atoms with Gasteiger partial charge in [-0.25, -0.2) is 4.98 Å². The quantitative estimate of drug-likeness (QED) is 0.578. The van der Waals surface area contributed by atoms with Crippen LogP contribution in [0, 0.1) is 0 Å². The number of hydrogen-bond acceptors (Lipinski definition) is 3. The maximum atomic E-state index is 6.09. The van der Waals surface area contributed by atoms with Crippen molar-refractivity contribution in [3.63, 3.8) is 0 Å². The summed E-state index contributed by atoms with van der Waals surface area (Å²) >= 11 is 6.09. The van der Waals surface area contributed by atoms with Gasteiger partial charge in [0.1, 0.15) is 0 Å². The molecule has 0 aliphatic rings. The second kappa shape index (κ2) is 8.11. The van der Waals surface area contributed by atoms with E-state index in [9.17, 15) is 0 Å². The van der Waals surface area contributed by atoms with Gasteiger partial charge in [0.15, 0.2) is 0 Å². The summed E-state index contributed by atoms with van der Waals surface area (Å²) in [6.45, 7) is 9.25. The van der Waals surface area contributed by atoms with Gasteiger partial charge in [-0.05, 0) is 18.4 Å². The third-order valence-corrected chi connectivity index (χ3v) is 2.75. The highest BCUT2D eigenvalue weighted by molar-refractivity contribution is 6.31. The average molecular weight is 269 g/mol. The van der Waals surface area contributed by atoms with Crippen LogP contribution in [0.5, 0.6) is 5.88 Å². The number of unbranched alkanes of at least 4 members (excludes halogenated alkanes) is 1. The van der Waals surface area contributed by atoms with Crippen molar-refractivity contribution in [1.82, 2.24) is 10.3 Å². The Kier molecular flexibility index (Phi) is 6.76. The number of pyridine rings is 1. The Balaban J connectivity index is 2.53. The van der Waals surface area contributed by atoms with Crippen LogP contribution in [0.1, 0.15) is 32.3 Å². The Hall–Kier alpha value is -1.06. The first-order valence-electron chi connectivity index (χ1n) is 6.25. The molecule has 0 radical (unpaired) electrons. The molecular formula is C14H21ClN2O. The average Bonchev–Trinajstić information content (AvgIpc) is 2.34. The standard InChI is InChI=1S/C14H21ClN2O/c1-4-5-6-7-18-14-8-12(9-16-11(2)3)13(15)10-17-14/h4,8,10-11,16H,1,5-7,9H2,2-3H3. The monoisotopic (exact) mass is 268 g/mol. The number of aromatic nitrogens is 1. The number of allylic oxidation sites excluding steroid dienone is 1. The van der Waals surface area contributed by atoms with Gasteiger partial charge in [0.05, 0.1) is 11.6 Å². The fourth-order valence-electron chi connectivity index (χ4n) is 1.39. The number of halogens is 1. The van der Waals surface area contributed by atoms with E-state index in [1.807, 2.05) is 12.1 Å². The van der Waals surface area contributed by atoms with E-state index in [0.717, 1.165) is 24.9 Å². The lowest BCUT2D eigenvalue weighted by Crippen LogP contribution is -2.22. The molecule has 18 heavy (non-hydrogen) atoms. The summed E-state index contributed by atoms with van der Waals surface area (Å²) in [6.07, 6.45) is 5.43.